The van der Waals surface area contributed by atoms with Crippen LogP contribution < -0.4 is 10.1 Å². The largest absolute Gasteiger partial charge is 0.465 e. The van der Waals surface area contributed by atoms with Crippen molar-refractivity contribution in [1.29, 1.82) is 0 Å². The van der Waals surface area contributed by atoms with Gasteiger partial charge in [-0.1, -0.05) is 36.8 Å². The van der Waals surface area contributed by atoms with Crippen molar-refractivity contribution >= 4 is 5.91 Å². The van der Waals surface area contributed by atoms with Gasteiger partial charge in [0.1, 0.15) is 5.76 Å². The molecule has 1 atom stereocenters. The number of rotatable bonds is 6. The van der Waals surface area contributed by atoms with E-state index in [1.54, 1.807) is 13.0 Å². The topological polar surface area (TPSA) is 64.4 Å². The van der Waals surface area contributed by atoms with Crippen LogP contribution in [0.5, 0.6) is 5.88 Å². The fourth-order valence-corrected chi connectivity index (χ4v) is 2.67. The summed E-state index contributed by atoms with van der Waals surface area (Å²) in [6, 6.07) is 11.8. The molecule has 0 unspecified atom stereocenters. The Morgan fingerprint density at radius 3 is 2.77 bits per heavy atom. The minimum atomic E-state index is -0.138. The Balaban J connectivity index is 1.59. The first-order valence-electron chi connectivity index (χ1n) is 7.63. The van der Waals surface area contributed by atoms with Gasteiger partial charge in [-0.05, 0) is 36.4 Å². The van der Waals surface area contributed by atoms with Crippen molar-refractivity contribution in [2.75, 3.05) is 6.61 Å². The van der Waals surface area contributed by atoms with Crippen molar-refractivity contribution in [2.45, 2.75) is 32.2 Å². The van der Waals surface area contributed by atoms with Crippen molar-refractivity contribution in [1.82, 2.24) is 10.5 Å². The molecule has 1 aromatic heterocycles. The summed E-state index contributed by atoms with van der Waals surface area (Å²) in [4.78, 5) is 12.2. The summed E-state index contributed by atoms with van der Waals surface area (Å²) < 4.78 is 10.2. The van der Waals surface area contributed by atoms with Crippen LogP contribution in [-0.4, -0.2) is 17.7 Å². The summed E-state index contributed by atoms with van der Waals surface area (Å²) in [6.07, 6.45) is 3.55. The SMILES string of the molecule is Cc1cc(OCC(=O)N[C@H](c2ccccc2)C2CCC2)no1. The molecule has 0 aliphatic heterocycles. The van der Waals surface area contributed by atoms with Gasteiger partial charge < -0.3 is 14.6 Å². The lowest BCUT2D eigenvalue weighted by atomic mass is 9.77. The third-order valence-electron chi connectivity index (χ3n) is 4.05. The molecule has 1 fully saturated rings. The molecule has 1 saturated carbocycles. The van der Waals surface area contributed by atoms with Crippen LogP contribution >= 0.6 is 0 Å². The van der Waals surface area contributed by atoms with E-state index in [1.165, 1.54) is 6.42 Å². The van der Waals surface area contributed by atoms with E-state index in [0.29, 0.717) is 17.6 Å². The maximum atomic E-state index is 12.2. The van der Waals surface area contributed by atoms with Gasteiger partial charge in [-0.3, -0.25) is 4.79 Å². The molecule has 5 heteroatoms. The Morgan fingerprint density at radius 2 is 2.18 bits per heavy atom. The summed E-state index contributed by atoms with van der Waals surface area (Å²) in [5, 5.41) is 6.80. The van der Waals surface area contributed by atoms with Gasteiger partial charge in [0.15, 0.2) is 6.61 Å². The van der Waals surface area contributed by atoms with Gasteiger partial charge in [-0.2, -0.15) is 0 Å². The second kappa shape index (κ2) is 6.64. The Bertz CT molecular complexity index is 620. The van der Waals surface area contributed by atoms with E-state index in [1.807, 2.05) is 18.2 Å². The highest BCUT2D eigenvalue weighted by Gasteiger charge is 2.29. The first kappa shape index (κ1) is 14.6. The van der Waals surface area contributed by atoms with E-state index in [2.05, 4.69) is 22.6 Å². The highest BCUT2D eigenvalue weighted by molar-refractivity contribution is 5.78. The summed E-state index contributed by atoms with van der Waals surface area (Å²) in [7, 11) is 0. The number of hydrogen-bond donors (Lipinski definition) is 1. The third-order valence-corrected chi connectivity index (χ3v) is 4.05. The monoisotopic (exact) mass is 300 g/mol. The lowest BCUT2D eigenvalue weighted by Crippen LogP contribution is -2.38. The molecule has 1 amide bonds. The van der Waals surface area contributed by atoms with Crippen LogP contribution in [0.15, 0.2) is 40.9 Å². The van der Waals surface area contributed by atoms with Gasteiger partial charge in [0.25, 0.3) is 11.8 Å². The minimum absolute atomic E-state index is 0.0535. The van der Waals surface area contributed by atoms with Gasteiger partial charge in [-0.25, -0.2) is 0 Å². The summed E-state index contributed by atoms with van der Waals surface area (Å²) in [5.41, 5.74) is 1.15. The van der Waals surface area contributed by atoms with Crippen LogP contribution in [0.2, 0.25) is 0 Å². The van der Waals surface area contributed by atoms with E-state index in [4.69, 9.17) is 9.26 Å². The van der Waals surface area contributed by atoms with Crippen LogP contribution in [0.1, 0.15) is 36.6 Å². The number of carbonyl (C=O) groups is 1. The fourth-order valence-electron chi connectivity index (χ4n) is 2.67. The van der Waals surface area contributed by atoms with Crippen molar-refractivity contribution in [3.05, 3.63) is 47.7 Å². The van der Waals surface area contributed by atoms with Crippen LogP contribution in [0.25, 0.3) is 0 Å². The van der Waals surface area contributed by atoms with Crippen molar-refractivity contribution in [2.24, 2.45) is 5.92 Å². The molecule has 0 bridgehead atoms. The molecule has 1 N–H and O–H groups in total. The molecule has 22 heavy (non-hydrogen) atoms. The molecule has 3 rings (SSSR count). The molecule has 0 spiro atoms. The smallest absolute Gasteiger partial charge is 0.258 e. The number of benzene rings is 1. The Morgan fingerprint density at radius 1 is 1.41 bits per heavy atom. The molecule has 0 saturated heterocycles. The maximum absolute atomic E-state index is 12.2. The maximum Gasteiger partial charge on any atom is 0.258 e. The number of carbonyl (C=O) groups excluding carboxylic acids is 1. The highest BCUT2D eigenvalue weighted by Crippen LogP contribution is 2.37. The predicted octanol–water partition coefficient (Wildman–Crippen LogP) is 3.02. The normalized spacial score (nSPS) is 15.9. The van der Waals surface area contributed by atoms with Crippen molar-refractivity contribution in [3.8, 4) is 5.88 Å². The quantitative estimate of drug-likeness (QED) is 0.890. The summed E-state index contributed by atoms with van der Waals surface area (Å²) in [5.74, 6) is 1.38. The Hall–Kier alpha value is -2.30. The molecule has 1 aliphatic carbocycles. The molecule has 2 aromatic rings. The number of aryl methyl sites for hydroxylation is 1. The van der Waals surface area contributed by atoms with Crippen LogP contribution in [0.4, 0.5) is 0 Å². The van der Waals surface area contributed by atoms with Gasteiger partial charge >= 0.3 is 0 Å². The Kier molecular flexibility index (Phi) is 4.42. The molecule has 1 aliphatic rings. The zero-order valence-corrected chi connectivity index (χ0v) is 12.6. The molecule has 116 valence electrons. The van der Waals surface area contributed by atoms with E-state index >= 15 is 0 Å². The molecular formula is C17H20N2O3. The standard InChI is InChI=1S/C17H20N2O3/c1-12-10-16(19-22-12)21-11-15(20)18-17(14-8-5-9-14)13-6-3-2-4-7-13/h2-4,6-7,10,14,17H,5,8-9,11H2,1H3,(H,18,20)/t17-/m1/s1. The van der Waals surface area contributed by atoms with Crippen LogP contribution in [0.3, 0.4) is 0 Å². The van der Waals surface area contributed by atoms with Gasteiger partial charge in [0, 0.05) is 6.07 Å². The second-order valence-electron chi connectivity index (χ2n) is 5.71. The van der Waals surface area contributed by atoms with Crippen molar-refractivity contribution in [3.63, 3.8) is 0 Å². The molecule has 1 aromatic carbocycles. The average molecular weight is 300 g/mol. The number of nitrogens with zero attached hydrogens (tertiary/aromatic N) is 1. The number of aromatic nitrogens is 1. The van der Waals surface area contributed by atoms with Gasteiger partial charge in [-0.15, -0.1) is 0 Å². The molecule has 5 nitrogen and oxygen atoms in total. The van der Waals surface area contributed by atoms with E-state index in [-0.39, 0.29) is 18.6 Å². The van der Waals surface area contributed by atoms with Crippen LogP contribution in [0, 0.1) is 12.8 Å². The van der Waals surface area contributed by atoms with Gasteiger partial charge in [0.05, 0.1) is 6.04 Å². The molecular weight excluding hydrogens is 280 g/mol. The lowest BCUT2D eigenvalue weighted by Gasteiger charge is -2.34. The van der Waals surface area contributed by atoms with E-state index < -0.39 is 0 Å². The first-order chi connectivity index (χ1) is 10.7. The molecule has 1 heterocycles. The van der Waals surface area contributed by atoms with E-state index in [9.17, 15) is 4.79 Å². The van der Waals surface area contributed by atoms with Crippen molar-refractivity contribution < 1.29 is 14.1 Å². The number of nitrogens with one attached hydrogen (secondary N) is 1. The fraction of sp³-hybridized carbons (Fsp3) is 0.412. The number of amides is 1. The molecule has 0 radical (unpaired) electrons. The lowest BCUT2D eigenvalue weighted by molar-refractivity contribution is -0.124. The van der Waals surface area contributed by atoms with Crippen LogP contribution in [-0.2, 0) is 4.79 Å². The third kappa shape index (κ3) is 3.47. The zero-order valence-electron chi connectivity index (χ0n) is 12.6. The summed E-state index contributed by atoms with van der Waals surface area (Å²) in [6.45, 7) is 1.73. The summed E-state index contributed by atoms with van der Waals surface area (Å²) >= 11 is 0. The highest BCUT2D eigenvalue weighted by atomic mass is 16.5. The Labute approximate surface area is 129 Å². The average Bonchev–Trinajstić information content (AvgIpc) is 2.89. The first-order valence-corrected chi connectivity index (χ1v) is 7.63. The van der Waals surface area contributed by atoms with Gasteiger partial charge in [0.2, 0.25) is 0 Å². The number of ether oxygens (including phenoxy) is 1. The zero-order chi connectivity index (χ0) is 15.4. The van der Waals surface area contributed by atoms with E-state index in [0.717, 1.165) is 18.4 Å². The predicted molar refractivity (Wildman–Crippen MR) is 81.4 cm³/mol. The number of hydrogen-bond acceptors (Lipinski definition) is 4. The second-order valence-corrected chi connectivity index (χ2v) is 5.71. The minimum Gasteiger partial charge on any atom is -0.465 e.